The van der Waals surface area contributed by atoms with Crippen LogP contribution in [0.5, 0.6) is 0 Å². The molecule has 1 atom stereocenters. The first-order valence-electron chi connectivity index (χ1n) is 10.6. The molecule has 150 valence electrons. The van der Waals surface area contributed by atoms with Crippen LogP contribution >= 0.6 is 0 Å². The molecule has 0 N–H and O–H groups in total. The highest BCUT2D eigenvalue weighted by atomic mass is 16.2. The lowest BCUT2D eigenvalue weighted by molar-refractivity contribution is -0.117. The summed E-state index contributed by atoms with van der Waals surface area (Å²) in [7, 11) is 0. The molecule has 1 fully saturated rings. The van der Waals surface area contributed by atoms with Crippen molar-refractivity contribution in [3.63, 3.8) is 0 Å². The van der Waals surface area contributed by atoms with Crippen LogP contribution in [0.25, 0.3) is 11.0 Å². The summed E-state index contributed by atoms with van der Waals surface area (Å²) in [6.45, 7) is 3.57. The van der Waals surface area contributed by atoms with E-state index < -0.39 is 0 Å². The lowest BCUT2D eigenvalue weighted by Gasteiger charge is -2.20. The van der Waals surface area contributed by atoms with Gasteiger partial charge < -0.3 is 9.47 Å². The van der Waals surface area contributed by atoms with Crippen molar-refractivity contribution in [2.24, 2.45) is 0 Å². The third-order valence-electron chi connectivity index (χ3n) is 6.02. The van der Waals surface area contributed by atoms with Gasteiger partial charge in [-0.05, 0) is 35.7 Å². The summed E-state index contributed by atoms with van der Waals surface area (Å²) in [6.07, 6.45) is 1.41. The van der Waals surface area contributed by atoms with Crippen molar-refractivity contribution in [2.45, 2.75) is 32.2 Å². The largest absolute Gasteiger partial charge is 0.323 e. The van der Waals surface area contributed by atoms with Crippen LogP contribution in [-0.4, -0.2) is 22.0 Å². The van der Waals surface area contributed by atoms with Gasteiger partial charge in [0.25, 0.3) is 0 Å². The third kappa shape index (κ3) is 3.28. The minimum absolute atomic E-state index is 0.0820. The number of carbonyl (C=O) groups excluding carboxylic acids is 1. The second kappa shape index (κ2) is 7.79. The number of rotatable bonds is 5. The van der Waals surface area contributed by atoms with Crippen LogP contribution in [0.2, 0.25) is 0 Å². The van der Waals surface area contributed by atoms with Gasteiger partial charge in [-0.1, -0.05) is 67.6 Å². The predicted octanol–water partition coefficient (Wildman–Crippen LogP) is 5.17. The van der Waals surface area contributed by atoms with Gasteiger partial charge in [0.05, 0.1) is 11.0 Å². The quantitative estimate of drug-likeness (QED) is 0.468. The Hall–Kier alpha value is -3.40. The maximum absolute atomic E-state index is 13.0. The number of aryl methyl sites for hydroxylation is 1. The van der Waals surface area contributed by atoms with Gasteiger partial charge in [0, 0.05) is 31.1 Å². The Kier molecular flexibility index (Phi) is 4.83. The minimum Gasteiger partial charge on any atom is -0.323 e. The van der Waals surface area contributed by atoms with E-state index in [0.29, 0.717) is 13.0 Å². The van der Waals surface area contributed by atoms with E-state index in [9.17, 15) is 4.79 Å². The fourth-order valence-corrected chi connectivity index (χ4v) is 4.52. The molecule has 0 saturated carbocycles. The summed E-state index contributed by atoms with van der Waals surface area (Å²) < 4.78 is 2.29. The van der Waals surface area contributed by atoms with E-state index >= 15 is 0 Å². The highest BCUT2D eigenvalue weighted by Gasteiger charge is 2.35. The van der Waals surface area contributed by atoms with Gasteiger partial charge in [0.2, 0.25) is 5.91 Å². The Balaban J connectivity index is 1.53. The number of carbonyl (C=O) groups is 1. The average molecular weight is 396 g/mol. The van der Waals surface area contributed by atoms with Crippen molar-refractivity contribution < 1.29 is 4.79 Å². The molecular formula is C26H25N3O. The topological polar surface area (TPSA) is 38.1 Å². The van der Waals surface area contributed by atoms with Crippen molar-refractivity contribution >= 4 is 22.6 Å². The molecule has 0 radical (unpaired) electrons. The number of hydrogen-bond acceptors (Lipinski definition) is 2. The monoisotopic (exact) mass is 395 g/mol. The number of aromatic nitrogens is 2. The van der Waals surface area contributed by atoms with E-state index in [1.165, 1.54) is 11.1 Å². The molecule has 1 aliphatic heterocycles. The predicted molar refractivity (Wildman–Crippen MR) is 121 cm³/mol. The van der Waals surface area contributed by atoms with Crippen LogP contribution in [0.15, 0.2) is 78.9 Å². The smallest absolute Gasteiger partial charge is 0.227 e. The molecule has 4 aromatic rings. The second-order valence-corrected chi connectivity index (χ2v) is 7.92. The molecular weight excluding hydrogens is 370 g/mol. The molecule has 5 rings (SSSR count). The van der Waals surface area contributed by atoms with E-state index in [1.54, 1.807) is 0 Å². The van der Waals surface area contributed by atoms with Crippen LogP contribution in [0.1, 0.15) is 36.2 Å². The first-order valence-corrected chi connectivity index (χ1v) is 10.6. The van der Waals surface area contributed by atoms with Gasteiger partial charge in [-0.2, -0.15) is 0 Å². The zero-order chi connectivity index (χ0) is 20.5. The van der Waals surface area contributed by atoms with Gasteiger partial charge in [0.1, 0.15) is 5.82 Å². The van der Waals surface area contributed by atoms with Crippen molar-refractivity contribution in [1.29, 1.82) is 0 Å². The van der Waals surface area contributed by atoms with Crippen LogP contribution in [-0.2, 0) is 17.8 Å². The fourth-order valence-electron chi connectivity index (χ4n) is 4.52. The summed E-state index contributed by atoms with van der Waals surface area (Å²) in [5.74, 6) is 1.27. The number of nitrogens with zero attached hydrogens (tertiary/aromatic N) is 3. The summed E-state index contributed by atoms with van der Waals surface area (Å²) in [4.78, 5) is 19.9. The Labute approximate surface area is 176 Å². The maximum Gasteiger partial charge on any atom is 0.227 e. The van der Waals surface area contributed by atoms with E-state index in [1.807, 2.05) is 29.2 Å². The van der Waals surface area contributed by atoms with Crippen LogP contribution in [0.4, 0.5) is 5.69 Å². The SMILES string of the molecule is CCc1ccccc1N1C[C@H](c2nc3ccccc3n2Cc2ccccc2)CC1=O. The highest BCUT2D eigenvalue weighted by molar-refractivity contribution is 5.97. The molecule has 4 heteroatoms. The molecule has 1 amide bonds. The summed E-state index contributed by atoms with van der Waals surface area (Å²) in [5.41, 5.74) is 5.60. The molecule has 1 aromatic heterocycles. The molecule has 0 aliphatic carbocycles. The van der Waals surface area contributed by atoms with Gasteiger partial charge >= 0.3 is 0 Å². The number of fused-ring (bicyclic) bond motifs is 1. The van der Waals surface area contributed by atoms with Crippen LogP contribution in [0.3, 0.4) is 0 Å². The second-order valence-electron chi connectivity index (χ2n) is 7.92. The highest BCUT2D eigenvalue weighted by Crippen LogP contribution is 2.35. The number of imidazole rings is 1. The van der Waals surface area contributed by atoms with Gasteiger partial charge in [0.15, 0.2) is 0 Å². The Morgan fingerprint density at radius 2 is 1.67 bits per heavy atom. The third-order valence-corrected chi connectivity index (χ3v) is 6.02. The normalized spacial score (nSPS) is 16.5. The number of para-hydroxylation sites is 3. The van der Waals surface area contributed by atoms with Crippen LogP contribution in [0, 0.1) is 0 Å². The summed E-state index contributed by atoms with van der Waals surface area (Å²) in [5, 5.41) is 0. The zero-order valence-corrected chi connectivity index (χ0v) is 17.2. The summed E-state index contributed by atoms with van der Waals surface area (Å²) >= 11 is 0. The van der Waals surface area contributed by atoms with Gasteiger partial charge in [-0.3, -0.25) is 4.79 Å². The van der Waals surface area contributed by atoms with E-state index in [2.05, 4.69) is 66.1 Å². The van der Waals surface area contributed by atoms with E-state index in [0.717, 1.165) is 35.5 Å². The number of anilines is 1. The Morgan fingerprint density at radius 3 is 2.50 bits per heavy atom. The first kappa shape index (κ1) is 18.6. The molecule has 1 saturated heterocycles. The lowest BCUT2D eigenvalue weighted by atomic mass is 10.1. The molecule has 1 aliphatic rings. The maximum atomic E-state index is 13.0. The van der Waals surface area contributed by atoms with Crippen LogP contribution < -0.4 is 4.90 Å². The number of hydrogen-bond donors (Lipinski definition) is 0. The standard InChI is InChI=1S/C26H25N3O/c1-2-20-12-6-8-14-23(20)28-18-21(16-25(28)30)26-27-22-13-7-9-15-24(22)29(26)17-19-10-4-3-5-11-19/h3-15,21H,2,16-18H2,1H3/t21-/m1/s1. The number of benzene rings is 3. The molecule has 0 unspecified atom stereocenters. The first-order chi connectivity index (χ1) is 14.7. The van der Waals surface area contributed by atoms with Crippen molar-refractivity contribution in [1.82, 2.24) is 9.55 Å². The summed E-state index contributed by atoms with van der Waals surface area (Å²) in [6, 6.07) is 26.9. The average Bonchev–Trinajstić information content (AvgIpc) is 3.35. The molecule has 0 bridgehead atoms. The molecule has 4 nitrogen and oxygen atoms in total. The molecule has 3 aromatic carbocycles. The lowest BCUT2D eigenvalue weighted by Crippen LogP contribution is -2.25. The molecule has 0 spiro atoms. The minimum atomic E-state index is 0.0820. The fraction of sp³-hybridized carbons (Fsp3) is 0.231. The molecule has 30 heavy (non-hydrogen) atoms. The van der Waals surface area contributed by atoms with Crippen molar-refractivity contribution in [3.8, 4) is 0 Å². The van der Waals surface area contributed by atoms with Gasteiger partial charge in [-0.25, -0.2) is 4.98 Å². The zero-order valence-electron chi connectivity index (χ0n) is 17.2. The van der Waals surface area contributed by atoms with Gasteiger partial charge in [-0.15, -0.1) is 0 Å². The molecule has 2 heterocycles. The van der Waals surface area contributed by atoms with Crippen molar-refractivity contribution in [3.05, 3.63) is 95.8 Å². The Bertz CT molecular complexity index is 1200. The number of amides is 1. The Morgan fingerprint density at radius 1 is 0.933 bits per heavy atom. The van der Waals surface area contributed by atoms with Crippen molar-refractivity contribution in [2.75, 3.05) is 11.4 Å². The van der Waals surface area contributed by atoms with E-state index in [4.69, 9.17) is 4.98 Å². The van der Waals surface area contributed by atoms with E-state index in [-0.39, 0.29) is 11.8 Å².